The van der Waals surface area contributed by atoms with Crippen LogP contribution in [0.15, 0.2) is 6.07 Å². The highest BCUT2D eigenvalue weighted by molar-refractivity contribution is 5.51. The van der Waals surface area contributed by atoms with E-state index in [1.165, 1.54) is 18.4 Å². The molecular formula is C12H15N3. The van der Waals surface area contributed by atoms with Crippen LogP contribution in [0.5, 0.6) is 0 Å². The van der Waals surface area contributed by atoms with Gasteiger partial charge in [-0.05, 0) is 36.8 Å². The molecule has 0 aliphatic heterocycles. The smallest absolute Gasteiger partial charge is 0.141 e. The summed E-state index contributed by atoms with van der Waals surface area (Å²) in [6, 6.07) is 4.01. The summed E-state index contributed by atoms with van der Waals surface area (Å²) >= 11 is 0. The Hall–Kier alpha value is -1.56. The highest BCUT2D eigenvalue weighted by atomic mass is 14.8. The van der Waals surface area contributed by atoms with Crippen molar-refractivity contribution in [1.82, 2.24) is 4.98 Å². The van der Waals surface area contributed by atoms with E-state index in [1.54, 1.807) is 0 Å². The minimum atomic E-state index is 0.381. The zero-order valence-corrected chi connectivity index (χ0v) is 8.95. The van der Waals surface area contributed by atoms with Crippen LogP contribution in [0.3, 0.4) is 0 Å². The van der Waals surface area contributed by atoms with Gasteiger partial charge in [-0.2, -0.15) is 5.26 Å². The number of nitrogens with zero attached hydrogens (tertiary/aromatic N) is 2. The molecule has 0 spiro atoms. The molecule has 1 aliphatic rings. The van der Waals surface area contributed by atoms with Crippen molar-refractivity contribution in [2.75, 3.05) is 5.73 Å². The van der Waals surface area contributed by atoms with E-state index in [0.29, 0.717) is 11.4 Å². The van der Waals surface area contributed by atoms with Crippen molar-refractivity contribution in [2.45, 2.75) is 32.6 Å². The second-order valence-electron chi connectivity index (χ2n) is 4.16. The second kappa shape index (κ2) is 3.90. The van der Waals surface area contributed by atoms with Gasteiger partial charge in [-0.3, -0.25) is 0 Å². The maximum absolute atomic E-state index is 8.87. The number of nitriles is 1. The molecule has 1 atom stereocenters. The molecule has 2 rings (SSSR count). The number of fused-ring (bicyclic) bond motifs is 1. The average Bonchev–Trinajstić information content (AvgIpc) is 2.27. The molecule has 0 radical (unpaired) electrons. The maximum atomic E-state index is 8.87. The molecule has 0 amide bonds. The van der Waals surface area contributed by atoms with Gasteiger partial charge in [0.25, 0.3) is 0 Å². The predicted molar refractivity (Wildman–Crippen MR) is 59.2 cm³/mol. The number of hydrogen-bond acceptors (Lipinski definition) is 3. The van der Waals surface area contributed by atoms with Crippen molar-refractivity contribution in [3.63, 3.8) is 0 Å². The van der Waals surface area contributed by atoms with Crippen LogP contribution in [0.4, 0.5) is 5.82 Å². The van der Waals surface area contributed by atoms with E-state index in [0.717, 1.165) is 24.5 Å². The minimum Gasteiger partial charge on any atom is -0.383 e. The highest BCUT2D eigenvalue weighted by Crippen LogP contribution is 2.28. The summed E-state index contributed by atoms with van der Waals surface area (Å²) in [6.07, 6.45) is 4.45. The number of aryl methyl sites for hydroxylation is 1. The van der Waals surface area contributed by atoms with Gasteiger partial charge in [0, 0.05) is 5.69 Å². The molecule has 15 heavy (non-hydrogen) atoms. The van der Waals surface area contributed by atoms with Gasteiger partial charge < -0.3 is 5.73 Å². The van der Waals surface area contributed by atoms with Crippen LogP contribution in [0.2, 0.25) is 0 Å². The molecule has 2 N–H and O–H groups in total. The number of rotatable bonds is 1. The summed E-state index contributed by atoms with van der Waals surface area (Å²) in [6.45, 7) is 2.21. The Morgan fingerprint density at radius 2 is 2.47 bits per heavy atom. The Kier molecular flexibility index (Phi) is 2.59. The molecule has 0 aromatic carbocycles. The summed E-state index contributed by atoms with van der Waals surface area (Å²) in [5.41, 5.74) is 8.52. The van der Waals surface area contributed by atoms with Crippen LogP contribution in [-0.2, 0) is 12.8 Å². The number of nitrogen functional groups attached to an aromatic ring is 1. The van der Waals surface area contributed by atoms with Crippen molar-refractivity contribution >= 4 is 5.82 Å². The lowest BCUT2D eigenvalue weighted by atomic mass is 9.84. The van der Waals surface area contributed by atoms with Gasteiger partial charge in [0.2, 0.25) is 0 Å². The van der Waals surface area contributed by atoms with Crippen molar-refractivity contribution in [1.29, 1.82) is 5.26 Å². The van der Waals surface area contributed by atoms with E-state index in [-0.39, 0.29) is 0 Å². The Morgan fingerprint density at radius 1 is 1.67 bits per heavy atom. The molecule has 1 unspecified atom stereocenters. The number of pyridine rings is 1. The third-order valence-corrected chi connectivity index (χ3v) is 3.22. The van der Waals surface area contributed by atoms with E-state index in [9.17, 15) is 0 Å². The maximum Gasteiger partial charge on any atom is 0.141 e. The Labute approximate surface area is 89.9 Å². The quantitative estimate of drug-likeness (QED) is 0.756. The number of hydrogen-bond donors (Lipinski definition) is 1. The molecule has 0 saturated carbocycles. The first-order valence-electron chi connectivity index (χ1n) is 5.43. The third kappa shape index (κ3) is 1.80. The second-order valence-corrected chi connectivity index (χ2v) is 4.16. The summed E-state index contributed by atoms with van der Waals surface area (Å²) in [5.74, 6) is 1.13. The van der Waals surface area contributed by atoms with Gasteiger partial charge >= 0.3 is 0 Å². The first kappa shape index (κ1) is 9.97. The van der Waals surface area contributed by atoms with Gasteiger partial charge in [0.05, 0.1) is 5.56 Å². The largest absolute Gasteiger partial charge is 0.383 e. The topological polar surface area (TPSA) is 62.7 Å². The fourth-order valence-corrected chi connectivity index (χ4v) is 2.19. The summed E-state index contributed by atoms with van der Waals surface area (Å²) in [4.78, 5) is 4.31. The van der Waals surface area contributed by atoms with Crippen LogP contribution in [0, 0.1) is 17.2 Å². The average molecular weight is 201 g/mol. The van der Waals surface area contributed by atoms with Crippen LogP contribution < -0.4 is 5.73 Å². The van der Waals surface area contributed by atoms with E-state index < -0.39 is 0 Å². The number of nitrogens with two attached hydrogens (primary N) is 1. The van der Waals surface area contributed by atoms with Crippen molar-refractivity contribution in [3.8, 4) is 6.07 Å². The van der Waals surface area contributed by atoms with E-state index in [4.69, 9.17) is 11.0 Å². The Bertz CT molecular complexity index is 418. The van der Waals surface area contributed by atoms with Crippen LogP contribution in [-0.4, -0.2) is 4.98 Å². The van der Waals surface area contributed by atoms with Crippen LogP contribution >= 0.6 is 0 Å². The fourth-order valence-electron chi connectivity index (χ4n) is 2.19. The number of aromatic nitrogens is 1. The summed E-state index contributed by atoms with van der Waals surface area (Å²) in [7, 11) is 0. The molecule has 3 heteroatoms. The molecule has 1 aliphatic carbocycles. The highest BCUT2D eigenvalue weighted by Gasteiger charge is 2.19. The van der Waals surface area contributed by atoms with Gasteiger partial charge in [0.1, 0.15) is 11.9 Å². The summed E-state index contributed by atoms with van der Waals surface area (Å²) < 4.78 is 0. The zero-order chi connectivity index (χ0) is 10.8. The zero-order valence-electron chi connectivity index (χ0n) is 8.95. The number of anilines is 1. The van der Waals surface area contributed by atoms with Gasteiger partial charge in [0.15, 0.2) is 0 Å². The van der Waals surface area contributed by atoms with E-state index in [1.807, 2.05) is 6.07 Å². The van der Waals surface area contributed by atoms with Crippen LogP contribution in [0.1, 0.15) is 36.6 Å². The molecule has 78 valence electrons. The van der Waals surface area contributed by atoms with Crippen LogP contribution in [0.25, 0.3) is 0 Å². The standard InChI is InChI=1S/C12H15N3/c1-2-8-3-4-11-9(5-8)6-10(7-13)12(14)15-11/h6,8H,2-5H2,1H3,(H2,14,15). The van der Waals surface area contributed by atoms with Gasteiger partial charge in [-0.1, -0.05) is 13.3 Å². The molecular weight excluding hydrogens is 186 g/mol. The molecule has 1 aromatic heterocycles. The molecule has 1 heterocycles. The molecule has 0 fully saturated rings. The first-order chi connectivity index (χ1) is 7.24. The fraction of sp³-hybridized carbons (Fsp3) is 0.500. The third-order valence-electron chi connectivity index (χ3n) is 3.22. The first-order valence-corrected chi connectivity index (χ1v) is 5.43. The van der Waals surface area contributed by atoms with E-state index in [2.05, 4.69) is 18.0 Å². The lowest BCUT2D eigenvalue weighted by Crippen LogP contribution is -2.16. The van der Waals surface area contributed by atoms with Gasteiger partial charge in [-0.15, -0.1) is 0 Å². The minimum absolute atomic E-state index is 0.381. The van der Waals surface area contributed by atoms with Crippen molar-refractivity contribution in [2.24, 2.45) is 5.92 Å². The predicted octanol–water partition coefficient (Wildman–Crippen LogP) is 2.05. The molecule has 3 nitrogen and oxygen atoms in total. The SMILES string of the molecule is CCC1CCc2nc(N)c(C#N)cc2C1. The Balaban J connectivity index is 2.38. The molecule has 0 saturated heterocycles. The van der Waals surface area contributed by atoms with Gasteiger partial charge in [-0.25, -0.2) is 4.98 Å². The summed E-state index contributed by atoms with van der Waals surface area (Å²) in [5, 5.41) is 8.87. The van der Waals surface area contributed by atoms with Crippen molar-refractivity contribution < 1.29 is 0 Å². The lowest BCUT2D eigenvalue weighted by Gasteiger charge is -2.23. The molecule has 0 bridgehead atoms. The molecule has 1 aromatic rings. The lowest BCUT2D eigenvalue weighted by molar-refractivity contribution is 0.440. The normalized spacial score (nSPS) is 19.3. The Morgan fingerprint density at radius 3 is 3.13 bits per heavy atom. The monoisotopic (exact) mass is 201 g/mol. The van der Waals surface area contributed by atoms with Crippen molar-refractivity contribution in [3.05, 3.63) is 22.9 Å². The van der Waals surface area contributed by atoms with E-state index >= 15 is 0 Å².